The van der Waals surface area contributed by atoms with Crippen molar-refractivity contribution in [2.75, 3.05) is 24.1 Å². The average molecular weight is 364 g/mol. The summed E-state index contributed by atoms with van der Waals surface area (Å²) >= 11 is 0. The number of nitrogens with one attached hydrogen (secondary N) is 1. The summed E-state index contributed by atoms with van der Waals surface area (Å²) in [6.07, 6.45) is 10.5. The molecule has 3 N–H and O–H groups in total. The second-order valence-electron chi connectivity index (χ2n) is 8.30. The van der Waals surface area contributed by atoms with Crippen LogP contribution in [0, 0.1) is 0 Å². The lowest BCUT2D eigenvalue weighted by Crippen LogP contribution is -2.51. The monoisotopic (exact) mass is 363 g/mol. The van der Waals surface area contributed by atoms with Gasteiger partial charge in [0, 0.05) is 24.7 Å². The minimum absolute atomic E-state index is 0.245. The van der Waals surface area contributed by atoms with Gasteiger partial charge in [-0.15, -0.1) is 0 Å². The van der Waals surface area contributed by atoms with Crippen molar-refractivity contribution < 1.29 is 0 Å². The summed E-state index contributed by atoms with van der Waals surface area (Å²) in [7, 11) is 0. The first-order valence-corrected chi connectivity index (χ1v) is 10.7. The van der Waals surface area contributed by atoms with Crippen molar-refractivity contribution >= 4 is 11.4 Å². The second-order valence-corrected chi connectivity index (χ2v) is 8.30. The van der Waals surface area contributed by atoms with Gasteiger partial charge in [0.05, 0.1) is 11.4 Å². The topological polar surface area (TPSA) is 41.3 Å². The second kappa shape index (κ2) is 8.35. The Morgan fingerprint density at radius 3 is 2.11 bits per heavy atom. The Bertz CT molecular complexity index is 711. The van der Waals surface area contributed by atoms with Crippen LogP contribution in [-0.4, -0.2) is 24.0 Å². The van der Waals surface area contributed by atoms with Crippen LogP contribution in [0.2, 0.25) is 0 Å². The van der Waals surface area contributed by atoms with Crippen LogP contribution in [0.5, 0.6) is 0 Å². The van der Waals surface area contributed by atoms with E-state index in [0.717, 1.165) is 11.4 Å². The number of hydrogen-bond donors (Lipinski definition) is 2. The molecule has 27 heavy (non-hydrogen) atoms. The maximum atomic E-state index is 6.12. The Morgan fingerprint density at radius 1 is 0.815 bits per heavy atom. The number of hydrogen-bond acceptors (Lipinski definition) is 3. The van der Waals surface area contributed by atoms with E-state index in [4.69, 9.17) is 5.73 Å². The zero-order valence-electron chi connectivity index (χ0n) is 16.4. The largest absolute Gasteiger partial charge is 0.397 e. The molecule has 0 bridgehead atoms. The molecule has 0 amide bonds. The van der Waals surface area contributed by atoms with Crippen LogP contribution in [0.25, 0.3) is 0 Å². The SMILES string of the molecule is Nc1ccccc1NC1CCN(C2(c3ccccc3)CCCCCC2)CC1. The Balaban J connectivity index is 1.48. The third-order valence-corrected chi connectivity index (χ3v) is 6.66. The van der Waals surface area contributed by atoms with Gasteiger partial charge in [-0.25, -0.2) is 0 Å². The molecule has 2 aromatic carbocycles. The first kappa shape index (κ1) is 18.4. The van der Waals surface area contributed by atoms with E-state index in [1.807, 2.05) is 12.1 Å². The van der Waals surface area contributed by atoms with Crippen molar-refractivity contribution in [1.82, 2.24) is 4.90 Å². The smallest absolute Gasteiger partial charge is 0.0576 e. The Labute approximate surface area is 164 Å². The molecule has 2 aromatic rings. The summed E-state index contributed by atoms with van der Waals surface area (Å²) in [5.74, 6) is 0. The third-order valence-electron chi connectivity index (χ3n) is 6.66. The molecule has 3 nitrogen and oxygen atoms in total. The molecule has 0 atom stereocenters. The fourth-order valence-corrected chi connectivity index (χ4v) is 5.15. The minimum atomic E-state index is 0.245. The van der Waals surface area contributed by atoms with Crippen LogP contribution < -0.4 is 11.1 Å². The molecular weight excluding hydrogens is 330 g/mol. The highest BCUT2D eigenvalue weighted by Gasteiger charge is 2.40. The molecule has 1 heterocycles. The van der Waals surface area contributed by atoms with E-state index in [-0.39, 0.29) is 5.54 Å². The summed E-state index contributed by atoms with van der Waals surface area (Å²) in [5, 5.41) is 3.69. The summed E-state index contributed by atoms with van der Waals surface area (Å²) < 4.78 is 0. The predicted octanol–water partition coefficient (Wildman–Crippen LogP) is 5.39. The molecule has 0 aromatic heterocycles. The van der Waals surface area contributed by atoms with Gasteiger partial charge in [0.25, 0.3) is 0 Å². The van der Waals surface area contributed by atoms with Crippen molar-refractivity contribution in [3.63, 3.8) is 0 Å². The molecule has 0 spiro atoms. The van der Waals surface area contributed by atoms with Crippen LogP contribution in [0.1, 0.15) is 56.9 Å². The Morgan fingerprint density at radius 2 is 1.44 bits per heavy atom. The Kier molecular flexibility index (Phi) is 5.68. The number of nitrogens with zero attached hydrogens (tertiary/aromatic N) is 1. The van der Waals surface area contributed by atoms with E-state index in [9.17, 15) is 0 Å². The van der Waals surface area contributed by atoms with E-state index < -0.39 is 0 Å². The van der Waals surface area contributed by atoms with E-state index in [2.05, 4.69) is 52.7 Å². The molecule has 1 saturated carbocycles. The Hall–Kier alpha value is -2.00. The molecule has 1 aliphatic heterocycles. The first-order chi connectivity index (χ1) is 13.3. The van der Waals surface area contributed by atoms with Gasteiger partial charge in [0.15, 0.2) is 0 Å². The molecule has 4 rings (SSSR count). The zero-order valence-corrected chi connectivity index (χ0v) is 16.4. The van der Waals surface area contributed by atoms with Crippen LogP contribution in [0.15, 0.2) is 54.6 Å². The van der Waals surface area contributed by atoms with Gasteiger partial charge < -0.3 is 11.1 Å². The van der Waals surface area contributed by atoms with Crippen molar-refractivity contribution in [1.29, 1.82) is 0 Å². The van der Waals surface area contributed by atoms with Gasteiger partial charge in [-0.2, -0.15) is 0 Å². The predicted molar refractivity (Wildman–Crippen MR) is 115 cm³/mol. The fourth-order valence-electron chi connectivity index (χ4n) is 5.15. The van der Waals surface area contributed by atoms with Crippen LogP contribution in [0.3, 0.4) is 0 Å². The van der Waals surface area contributed by atoms with E-state index in [0.29, 0.717) is 6.04 Å². The lowest BCUT2D eigenvalue weighted by atomic mass is 9.79. The third kappa shape index (κ3) is 3.98. The lowest BCUT2D eigenvalue weighted by molar-refractivity contribution is 0.0460. The number of benzene rings is 2. The van der Waals surface area contributed by atoms with Crippen molar-refractivity contribution in [2.45, 2.75) is 62.9 Å². The van der Waals surface area contributed by atoms with Crippen molar-refractivity contribution in [2.24, 2.45) is 0 Å². The van der Waals surface area contributed by atoms with Gasteiger partial charge in [-0.05, 0) is 43.4 Å². The number of anilines is 2. The fraction of sp³-hybridized carbons (Fsp3) is 0.500. The number of rotatable bonds is 4. The molecule has 2 aliphatic rings. The molecule has 1 aliphatic carbocycles. The number of nitrogens with two attached hydrogens (primary N) is 1. The van der Waals surface area contributed by atoms with Crippen LogP contribution >= 0.6 is 0 Å². The minimum Gasteiger partial charge on any atom is -0.397 e. The normalized spacial score (nSPS) is 21.5. The van der Waals surface area contributed by atoms with Gasteiger partial charge in [0.1, 0.15) is 0 Å². The highest BCUT2D eigenvalue weighted by molar-refractivity contribution is 5.66. The molecule has 0 unspecified atom stereocenters. The number of piperidine rings is 1. The quantitative estimate of drug-likeness (QED) is 0.565. The standard InChI is InChI=1S/C24H33N3/c25-22-12-6-7-13-23(22)26-21-14-18-27(19-15-21)24(16-8-1-2-9-17-24)20-10-4-3-5-11-20/h3-7,10-13,21,26H,1-2,8-9,14-19,25H2. The van der Waals surface area contributed by atoms with Crippen molar-refractivity contribution in [3.8, 4) is 0 Å². The molecule has 1 saturated heterocycles. The highest BCUT2D eigenvalue weighted by atomic mass is 15.2. The van der Waals surface area contributed by atoms with E-state index >= 15 is 0 Å². The number of likely N-dealkylation sites (tertiary alicyclic amines) is 1. The lowest BCUT2D eigenvalue weighted by Gasteiger charge is -2.48. The van der Waals surface area contributed by atoms with Gasteiger partial charge in [-0.1, -0.05) is 68.1 Å². The number of nitrogen functional groups attached to an aromatic ring is 1. The summed E-state index contributed by atoms with van der Waals surface area (Å²) in [6, 6.07) is 20.0. The molecule has 3 heteroatoms. The van der Waals surface area contributed by atoms with Crippen molar-refractivity contribution in [3.05, 3.63) is 60.2 Å². The van der Waals surface area contributed by atoms with Crippen LogP contribution in [-0.2, 0) is 5.54 Å². The first-order valence-electron chi connectivity index (χ1n) is 10.7. The maximum Gasteiger partial charge on any atom is 0.0576 e. The average Bonchev–Trinajstić information content (AvgIpc) is 2.98. The molecular formula is C24H33N3. The van der Waals surface area contributed by atoms with Crippen LogP contribution in [0.4, 0.5) is 11.4 Å². The summed E-state index contributed by atoms with van der Waals surface area (Å²) in [6.45, 7) is 2.33. The molecule has 144 valence electrons. The maximum absolute atomic E-state index is 6.12. The summed E-state index contributed by atoms with van der Waals surface area (Å²) in [4.78, 5) is 2.81. The van der Waals surface area contributed by atoms with Gasteiger partial charge >= 0.3 is 0 Å². The zero-order chi connectivity index (χ0) is 18.5. The van der Waals surface area contributed by atoms with E-state index in [1.165, 1.54) is 70.0 Å². The van der Waals surface area contributed by atoms with Gasteiger partial charge in [0.2, 0.25) is 0 Å². The molecule has 0 radical (unpaired) electrons. The van der Waals surface area contributed by atoms with E-state index in [1.54, 1.807) is 0 Å². The highest BCUT2D eigenvalue weighted by Crippen LogP contribution is 2.42. The number of para-hydroxylation sites is 2. The molecule has 2 fully saturated rings. The summed E-state index contributed by atoms with van der Waals surface area (Å²) in [5.41, 5.74) is 9.84. The van der Waals surface area contributed by atoms with Gasteiger partial charge in [-0.3, -0.25) is 4.90 Å².